The van der Waals surface area contributed by atoms with E-state index in [1.165, 1.54) is 0 Å². The molecular weight excluding hydrogens is 335 g/mol. The van der Waals surface area contributed by atoms with Crippen LogP contribution < -0.4 is 10.6 Å². The van der Waals surface area contributed by atoms with E-state index in [0.29, 0.717) is 19.7 Å². The topological polar surface area (TPSA) is 79.0 Å². The molecule has 1 fully saturated rings. The zero-order valence-corrected chi connectivity index (χ0v) is 14.3. The van der Waals surface area contributed by atoms with E-state index in [2.05, 4.69) is 20.6 Å². The number of aryl methyl sites for hydroxylation is 1. The van der Waals surface area contributed by atoms with Crippen LogP contribution in [0.5, 0.6) is 0 Å². The predicted molar refractivity (Wildman–Crippen MR) is 89.6 cm³/mol. The number of rotatable bonds is 6. The van der Waals surface area contributed by atoms with Crippen LogP contribution in [0.4, 0.5) is 0 Å². The lowest BCUT2D eigenvalue weighted by Crippen LogP contribution is -2.48. The van der Waals surface area contributed by atoms with Crippen LogP contribution >= 0.6 is 36.6 Å². The highest BCUT2D eigenvalue weighted by Crippen LogP contribution is 2.11. The Labute approximate surface area is 141 Å². The first-order chi connectivity index (χ1) is 9.27. The summed E-state index contributed by atoms with van der Waals surface area (Å²) in [5, 5.41) is 6.03. The number of imidazole rings is 1. The average Bonchev–Trinajstić information content (AvgIpc) is 2.85. The third-order valence-corrected chi connectivity index (χ3v) is 3.91. The van der Waals surface area contributed by atoms with E-state index in [1.807, 2.05) is 6.92 Å². The Morgan fingerprint density at radius 3 is 3.00 bits per heavy atom. The first-order valence-corrected chi connectivity index (χ1v) is 7.59. The summed E-state index contributed by atoms with van der Waals surface area (Å²) in [6.07, 6.45) is 1.37. The fraction of sp³-hybridized carbons (Fsp3) is 0.667. The van der Waals surface area contributed by atoms with Crippen LogP contribution in [0.25, 0.3) is 0 Å². The Morgan fingerprint density at radius 2 is 2.38 bits per heavy atom. The maximum absolute atomic E-state index is 11.7. The Balaban J connectivity index is 0.00000200. The fourth-order valence-corrected chi connectivity index (χ4v) is 2.67. The van der Waals surface area contributed by atoms with Crippen molar-refractivity contribution in [3.63, 3.8) is 0 Å². The molecule has 1 aliphatic heterocycles. The van der Waals surface area contributed by atoms with Gasteiger partial charge < -0.3 is 20.4 Å². The van der Waals surface area contributed by atoms with Crippen LogP contribution in [0.1, 0.15) is 11.4 Å². The number of amides is 1. The molecule has 0 spiro atoms. The van der Waals surface area contributed by atoms with Gasteiger partial charge in [-0.25, -0.2) is 4.98 Å². The van der Waals surface area contributed by atoms with Gasteiger partial charge in [-0.1, -0.05) is 0 Å². The number of nitrogens with zero attached hydrogens (tertiary/aromatic N) is 1. The lowest BCUT2D eigenvalue weighted by molar-refractivity contribution is -0.134. The quantitative estimate of drug-likeness (QED) is 0.660. The maximum Gasteiger partial charge on any atom is 0.250 e. The molecular formula is C12H22Cl2N4O2S. The van der Waals surface area contributed by atoms with Crippen molar-refractivity contribution in [2.45, 2.75) is 18.8 Å². The molecule has 1 amide bonds. The molecule has 0 bridgehead atoms. The molecule has 0 aliphatic carbocycles. The monoisotopic (exact) mass is 356 g/mol. The van der Waals surface area contributed by atoms with E-state index in [4.69, 9.17) is 4.74 Å². The predicted octanol–water partition coefficient (Wildman–Crippen LogP) is 0.900. The van der Waals surface area contributed by atoms with Crippen molar-refractivity contribution >= 4 is 42.5 Å². The van der Waals surface area contributed by atoms with Crippen LogP contribution in [0.15, 0.2) is 6.33 Å². The van der Waals surface area contributed by atoms with Gasteiger partial charge in [0.1, 0.15) is 6.10 Å². The first kappa shape index (κ1) is 20.5. The summed E-state index contributed by atoms with van der Waals surface area (Å²) < 4.78 is 5.38. The lowest BCUT2D eigenvalue weighted by atomic mass is 10.3. The molecule has 0 aromatic carbocycles. The summed E-state index contributed by atoms with van der Waals surface area (Å²) in [6, 6.07) is 0. The summed E-state index contributed by atoms with van der Waals surface area (Å²) >= 11 is 1.76. The number of hydrogen-bond acceptors (Lipinski definition) is 5. The summed E-state index contributed by atoms with van der Waals surface area (Å²) in [7, 11) is 0. The highest BCUT2D eigenvalue weighted by molar-refractivity contribution is 7.98. The number of hydrogen-bond donors (Lipinski definition) is 3. The van der Waals surface area contributed by atoms with E-state index in [1.54, 1.807) is 18.1 Å². The van der Waals surface area contributed by atoms with E-state index >= 15 is 0 Å². The lowest BCUT2D eigenvalue weighted by Gasteiger charge is -2.22. The molecule has 1 unspecified atom stereocenters. The molecule has 2 rings (SSSR count). The van der Waals surface area contributed by atoms with Gasteiger partial charge in [-0.05, 0) is 6.92 Å². The normalized spacial score (nSPS) is 17.5. The molecule has 1 atom stereocenters. The van der Waals surface area contributed by atoms with Gasteiger partial charge >= 0.3 is 0 Å². The van der Waals surface area contributed by atoms with Gasteiger partial charge in [0.05, 0.1) is 18.6 Å². The summed E-state index contributed by atoms with van der Waals surface area (Å²) in [6.45, 7) is 4.70. The minimum absolute atomic E-state index is 0. The van der Waals surface area contributed by atoms with Crippen molar-refractivity contribution in [3.05, 3.63) is 17.7 Å². The number of halogens is 2. The average molecular weight is 357 g/mol. The van der Waals surface area contributed by atoms with Gasteiger partial charge in [-0.2, -0.15) is 11.8 Å². The zero-order valence-electron chi connectivity index (χ0n) is 11.9. The van der Waals surface area contributed by atoms with Crippen molar-refractivity contribution in [1.82, 2.24) is 20.6 Å². The summed E-state index contributed by atoms with van der Waals surface area (Å²) in [5.74, 6) is 1.72. The number of H-pyrrole nitrogens is 1. The largest absolute Gasteiger partial charge is 0.366 e. The number of carbonyl (C=O) groups excluding carboxylic acids is 1. The number of aromatic amines is 1. The third-order valence-electron chi connectivity index (χ3n) is 2.94. The van der Waals surface area contributed by atoms with Crippen LogP contribution in [-0.4, -0.2) is 54.0 Å². The fourth-order valence-electron chi connectivity index (χ4n) is 1.80. The second kappa shape index (κ2) is 11.1. The van der Waals surface area contributed by atoms with Gasteiger partial charge in [0.15, 0.2) is 0 Å². The number of morpholine rings is 1. The summed E-state index contributed by atoms with van der Waals surface area (Å²) in [5.41, 5.74) is 2.19. The summed E-state index contributed by atoms with van der Waals surface area (Å²) in [4.78, 5) is 19.0. The van der Waals surface area contributed by atoms with E-state index in [9.17, 15) is 4.79 Å². The van der Waals surface area contributed by atoms with E-state index in [0.717, 1.165) is 29.4 Å². The number of aromatic nitrogens is 2. The van der Waals surface area contributed by atoms with Gasteiger partial charge in [-0.3, -0.25) is 4.79 Å². The SMILES string of the molecule is Cc1[nH]cnc1CSCCNC(=O)C1CNCCO1.Cl.Cl. The minimum Gasteiger partial charge on any atom is -0.366 e. The molecule has 2 heterocycles. The van der Waals surface area contributed by atoms with Crippen LogP contribution in [-0.2, 0) is 15.3 Å². The maximum atomic E-state index is 11.7. The minimum atomic E-state index is -0.340. The van der Waals surface area contributed by atoms with Crippen molar-refractivity contribution < 1.29 is 9.53 Å². The molecule has 0 saturated carbocycles. The zero-order chi connectivity index (χ0) is 13.5. The van der Waals surface area contributed by atoms with Crippen LogP contribution in [0.2, 0.25) is 0 Å². The standard InChI is InChI=1S/C12H20N4O2S.2ClH/c1-9-10(16-8-15-9)7-19-5-3-14-12(17)11-6-13-2-4-18-11;;/h8,11,13H,2-7H2,1H3,(H,14,17)(H,15,16);2*1H. The second-order valence-electron chi connectivity index (χ2n) is 4.38. The number of carbonyl (C=O) groups is 1. The van der Waals surface area contributed by atoms with Crippen molar-refractivity contribution in [1.29, 1.82) is 0 Å². The molecule has 9 heteroatoms. The molecule has 6 nitrogen and oxygen atoms in total. The highest BCUT2D eigenvalue weighted by atomic mass is 35.5. The molecule has 1 saturated heterocycles. The number of nitrogens with one attached hydrogen (secondary N) is 3. The molecule has 0 radical (unpaired) electrons. The van der Waals surface area contributed by atoms with Crippen LogP contribution in [0.3, 0.4) is 0 Å². The number of thioether (sulfide) groups is 1. The smallest absolute Gasteiger partial charge is 0.250 e. The van der Waals surface area contributed by atoms with Crippen molar-refractivity contribution in [2.24, 2.45) is 0 Å². The molecule has 1 aromatic heterocycles. The van der Waals surface area contributed by atoms with Gasteiger partial charge in [0.2, 0.25) is 5.91 Å². The first-order valence-electron chi connectivity index (χ1n) is 6.44. The van der Waals surface area contributed by atoms with E-state index < -0.39 is 0 Å². The van der Waals surface area contributed by atoms with Gasteiger partial charge in [-0.15, -0.1) is 24.8 Å². The van der Waals surface area contributed by atoms with Gasteiger partial charge in [0.25, 0.3) is 0 Å². The molecule has 21 heavy (non-hydrogen) atoms. The Bertz CT molecular complexity index is 414. The van der Waals surface area contributed by atoms with Crippen molar-refractivity contribution in [2.75, 3.05) is 32.0 Å². The number of ether oxygens (including phenoxy) is 1. The molecule has 1 aliphatic rings. The van der Waals surface area contributed by atoms with Crippen molar-refractivity contribution in [3.8, 4) is 0 Å². The molecule has 122 valence electrons. The third kappa shape index (κ3) is 6.88. The Hall–Kier alpha value is -0.470. The molecule has 1 aromatic rings. The molecule has 3 N–H and O–H groups in total. The van der Waals surface area contributed by atoms with Gasteiger partial charge in [0, 0.05) is 36.8 Å². The Kier molecular flexibility index (Phi) is 10.9. The Morgan fingerprint density at radius 1 is 1.57 bits per heavy atom. The highest BCUT2D eigenvalue weighted by Gasteiger charge is 2.20. The van der Waals surface area contributed by atoms with E-state index in [-0.39, 0.29) is 36.8 Å². The second-order valence-corrected chi connectivity index (χ2v) is 5.49. The van der Waals surface area contributed by atoms with Crippen LogP contribution in [0, 0.1) is 6.92 Å².